The Morgan fingerprint density at radius 3 is 2.48 bits per heavy atom. The van der Waals surface area contributed by atoms with Crippen molar-refractivity contribution in [2.45, 2.75) is 44.8 Å². The van der Waals surface area contributed by atoms with E-state index < -0.39 is 12.5 Å². The molecular weight excluding hydrogens is 430 g/mol. The molecule has 0 unspecified atom stereocenters. The number of halogens is 3. The Balaban J connectivity index is 1.79. The lowest BCUT2D eigenvalue weighted by Gasteiger charge is -2.23. The van der Waals surface area contributed by atoms with Gasteiger partial charge in [0.2, 0.25) is 0 Å². The number of nitrogens with one attached hydrogen (secondary N) is 2. The first kappa shape index (κ1) is 22.8. The van der Waals surface area contributed by atoms with Gasteiger partial charge in [-0.2, -0.15) is 8.78 Å². The largest absolute Gasteiger partial charge is 0.493 e. The van der Waals surface area contributed by atoms with Crippen LogP contribution in [-0.4, -0.2) is 31.6 Å². The number of para-hydroxylation sites is 1. The normalized spacial score (nSPS) is 14.2. The number of carbonyl (C=O) groups is 2. The zero-order valence-electron chi connectivity index (χ0n) is 16.9. The van der Waals surface area contributed by atoms with Gasteiger partial charge in [-0.3, -0.25) is 9.59 Å². The average Bonchev–Trinajstić information content (AvgIpc) is 2.75. The zero-order valence-corrected chi connectivity index (χ0v) is 17.7. The van der Waals surface area contributed by atoms with E-state index in [2.05, 4.69) is 15.4 Å². The van der Waals surface area contributed by atoms with Gasteiger partial charge < -0.3 is 20.1 Å². The highest BCUT2D eigenvalue weighted by Crippen LogP contribution is 2.33. The number of amides is 2. The molecule has 2 aromatic rings. The predicted octanol–water partition coefficient (Wildman–Crippen LogP) is 5.26. The van der Waals surface area contributed by atoms with Crippen molar-refractivity contribution in [2.24, 2.45) is 0 Å². The molecule has 31 heavy (non-hydrogen) atoms. The first-order chi connectivity index (χ1) is 14.9. The minimum Gasteiger partial charge on any atom is -0.493 e. The van der Waals surface area contributed by atoms with Crippen molar-refractivity contribution in [3.8, 4) is 11.5 Å². The Morgan fingerprint density at radius 2 is 1.81 bits per heavy atom. The van der Waals surface area contributed by atoms with E-state index in [9.17, 15) is 18.4 Å². The Hall–Kier alpha value is -2.87. The number of rotatable bonds is 7. The Morgan fingerprint density at radius 1 is 1.06 bits per heavy atom. The number of hydrogen-bond acceptors (Lipinski definition) is 4. The maximum Gasteiger partial charge on any atom is 0.387 e. The van der Waals surface area contributed by atoms with Crippen LogP contribution in [0.5, 0.6) is 11.5 Å². The van der Waals surface area contributed by atoms with E-state index in [1.807, 2.05) is 0 Å². The van der Waals surface area contributed by atoms with Crippen molar-refractivity contribution in [3.63, 3.8) is 0 Å². The summed E-state index contributed by atoms with van der Waals surface area (Å²) in [6.07, 6.45) is 5.14. The molecule has 1 aliphatic rings. The van der Waals surface area contributed by atoms with E-state index in [0.717, 1.165) is 32.1 Å². The fourth-order valence-corrected chi connectivity index (χ4v) is 3.75. The van der Waals surface area contributed by atoms with Crippen molar-refractivity contribution in [1.29, 1.82) is 0 Å². The van der Waals surface area contributed by atoms with Gasteiger partial charge in [0.1, 0.15) is 0 Å². The van der Waals surface area contributed by atoms with Gasteiger partial charge in [0.15, 0.2) is 11.5 Å². The summed E-state index contributed by atoms with van der Waals surface area (Å²) in [5, 5.41) is 5.81. The Labute approximate surface area is 183 Å². The van der Waals surface area contributed by atoms with Crippen LogP contribution in [0.15, 0.2) is 36.4 Å². The summed E-state index contributed by atoms with van der Waals surface area (Å²) in [5.74, 6) is -1.40. The molecule has 0 spiro atoms. The summed E-state index contributed by atoms with van der Waals surface area (Å²) >= 11 is 6.19. The molecular formula is C22H23ClF2N2O4. The van der Waals surface area contributed by atoms with Crippen molar-refractivity contribution < 1.29 is 27.8 Å². The zero-order chi connectivity index (χ0) is 22.4. The third-order valence-corrected chi connectivity index (χ3v) is 5.39. The topological polar surface area (TPSA) is 76.7 Å². The molecule has 1 saturated carbocycles. The van der Waals surface area contributed by atoms with Crippen LogP contribution in [0.3, 0.4) is 0 Å². The first-order valence-electron chi connectivity index (χ1n) is 9.92. The van der Waals surface area contributed by atoms with Gasteiger partial charge in [-0.15, -0.1) is 0 Å². The summed E-state index contributed by atoms with van der Waals surface area (Å²) in [5.41, 5.74) is 0.372. The minimum atomic E-state index is -3.13. The lowest BCUT2D eigenvalue weighted by Crippen LogP contribution is -2.36. The smallest absolute Gasteiger partial charge is 0.387 e. The molecule has 1 fully saturated rings. The van der Waals surface area contributed by atoms with Crippen LogP contribution in [0.25, 0.3) is 0 Å². The quantitative estimate of drug-likeness (QED) is 0.600. The third kappa shape index (κ3) is 5.85. The van der Waals surface area contributed by atoms with E-state index in [1.54, 1.807) is 0 Å². The molecule has 3 rings (SSSR count). The van der Waals surface area contributed by atoms with E-state index in [0.29, 0.717) is 0 Å². The van der Waals surface area contributed by atoms with Crippen LogP contribution in [0.4, 0.5) is 14.5 Å². The van der Waals surface area contributed by atoms with Crippen LogP contribution in [0.1, 0.15) is 52.8 Å². The molecule has 0 saturated heterocycles. The lowest BCUT2D eigenvalue weighted by atomic mass is 9.95. The number of methoxy groups -OCH3 is 1. The maximum absolute atomic E-state index is 12.8. The molecule has 0 atom stereocenters. The number of benzene rings is 2. The SMILES string of the molecule is COc1cccc(C(=O)Nc2ccc(Cl)c(C(=O)NC3CCCCC3)c2)c1OC(F)F. The molecule has 2 amide bonds. The van der Waals surface area contributed by atoms with Gasteiger partial charge in [-0.1, -0.05) is 36.9 Å². The number of hydrogen-bond donors (Lipinski definition) is 2. The van der Waals surface area contributed by atoms with Gasteiger partial charge in [-0.05, 0) is 43.2 Å². The molecule has 9 heteroatoms. The van der Waals surface area contributed by atoms with Crippen LogP contribution in [0.2, 0.25) is 5.02 Å². The average molecular weight is 453 g/mol. The summed E-state index contributed by atoms with van der Waals surface area (Å²) in [7, 11) is 1.28. The van der Waals surface area contributed by atoms with Gasteiger partial charge in [-0.25, -0.2) is 0 Å². The molecule has 166 valence electrons. The molecule has 1 aliphatic carbocycles. The third-order valence-electron chi connectivity index (χ3n) is 5.06. The van der Waals surface area contributed by atoms with Crippen LogP contribution < -0.4 is 20.1 Å². The van der Waals surface area contributed by atoms with Gasteiger partial charge in [0.25, 0.3) is 11.8 Å². The second-order valence-corrected chi connectivity index (χ2v) is 7.58. The van der Waals surface area contributed by atoms with Crippen molar-refractivity contribution in [3.05, 3.63) is 52.5 Å². The molecule has 2 N–H and O–H groups in total. The van der Waals surface area contributed by atoms with Crippen molar-refractivity contribution >= 4 is 29.1 Å². The van der Waals surface area contributed by atoms with E-state index >= 15 is 0 Å². The Kier molecular flexibility index (Phi) is 7.68. The highest BCUT2D eigenvalue weighted by Gasteiger charge is 2.22. The van der Waals surface area contributed by atoms with Crippen LogP contribution in [-0.2, 0) is 0 Å². The lowest BCUT2D eigenvalue weighted by molar-refractivity contribution is -0.0515. The highest BCUT2D eigenvalue weighted by atomic mass is 35.5. The first-order valence-corrected chi connectivity index (χ1v) is 10.3. The summed E-state index contributed by atoms with van der Waals surface area (Å²) in [6, 6.07) is 8.79. The van der Waals surface area contributed by atoms with Crippen LogP contribution in [0, 0.1) is 0 Å². The molecule has 0 radical (unpaired) electrons. The monoisotopic (exact) mass is 452 g/mol. The standard InChI is InChI=1S/C22H23ClF2N2O4/c1-30-18-9-5-8-15(19(18)31-22(24)25)20(28)27-14-10-11-17(23)16(12-14)21(29)26-13-6-3-2-4-7-13/h5,8-13,22H,2-4,6-7H2,1H3,(H,26,29)(H,27,28). The molecule has 0 aromatic heterocycles. The van der Waals surface area contributed by atoms with Gasteiger partial charge in [0.05, 0.1) is 23.3 Å². The Bertz CT molecular complexity index is 949. The highest BCUT2D eigenvalue weighted by molar-refractivity contribution is 6.34. The second kappa shape index (κ2) is 10.4. The second-order valence-electron chi connectivity index (χ2n) is 7.17. The minimum absolute atomic E-state index is 0.00314. The van der Waals surface area contributed by atoms with Gasteiger partial charge in [0, 0.05) is 11.7 Å². The maximum atomic E-state index is 12.8. The summed E-state index contributed by atoms with van der Waals surface area (Å²) in [6.45, 7) is -3.13. The van der Waals surface area contributed by atoms with Crippen LogP contribution >= 0.6 is 11.6 Å². The fourth-order valence-electron chi connectivity index (χ4n) is 3.55. The fraction of sp³-hybridized carbons (Fsp3) is 0.364. The number of anilines is 1. The van der Waals surface area contributed by atoms with E-state index in [1.165, 1.54) is 43.5 Å². The number of carbonyl (C=O) groups excluding carboxylic acids is 2. The molecule has 2 aromatic carbocycles. The number of ether oxygens (including phenoxy) is 2. The predicted molar refractivity (Wildman–Crippen MR) is 113 cm³/mol. The summed E-state index contributed by atoms with van der Waals surface area (Å²) < 4.78 is 35.1. The molecule has 0 bridgehead atoms. The van der Waals surface area contributed by atoms with E-state index in [4.69, 9.17) is 16.3 Å². The summed E-state index contributed by atoms with van der Waals surface area (Å²) in [4.78, 5) is 25.4. The molecule has 0 aliphatic heterocycles. The molecule has 6 nitrogen and oxygen atoms in total. The van der Waals surface area contributed by atoms with Gasteiger partial charge >= 0.3 is 6.61 Å². The van der Waals surface area contributed by atoms with Crippen molar-refractivity contribution in [1.82, 2.24) is 5.32 Å². The van der Waals surface area contributed by atoms with E-state index in [-0.39, 0.29) is 45.3 Å². The van der Waals surface area contributed by atoms with Crippen molar-refractivity contribution in [2.75, 3.05) is 12.4 Å². The molecule has 0 heterocycles. The number of alkyl halides is 2.